The monoisotopic (exact) mass is 1330 g/mol. The molecule has 492 valence electrons. The Hall–Kier alpha value is -9.41. The Kier molecular flexibility index (Phi) is 27.7. The summed E-state index contributed by atoms with van der Waals surface area (Å²) in [6.45, 7) is 12.6. The predicted molar refractivity (Wildman–Crippen MR) is 372 cm³/mol. The zero-order valence-corrected chi connectivity index (χ0v) is 55.4. The van der Waals surface area contributed by atoms with Crippen LogP contribution in [0.15, 0.2) is 166 Å². The third-order valence-corrected chi connectivity index (χ3v) is 17.7. The van der Waals surface area contributed by atoms with Crippen LogP contribution in [0, 0.1) is 34.6 Å². The number of amides is 3. The van der Waals surface area contributed by atoms with Gasteiger partial charge in [-0.3, -0.25) is 28.8 Å². The number of fused-ring (bicyclic) bond motifs is 3. The number of para-hydroxylation sites is 1. The number of thioether (sulfide) groups is 3. The number of hydrogen-bond donors (Lipinski definition) is 9. The molecular weight excluding hydrogens is 1260 g/mol. The number of aryl methyl sites for hydroxylation is 5. The molecule has 0 aliphatic rings. The molecule has 0 radical (unpaired) electrons. The SMILES string of the molecule is Cc1ccc(OCCCCNC(=O)c2cc(SCC(=O)O)c3ccccc3c2O)c(C)c1.Cc1ccc(OCCCCNC(=O)c2cc(SCCOCCC(=O)O)c3ccccc3c2O)c(C)c1.Cc1ccccc1NC(=O)c1cc(SCC(=O)O)c2ccccc2c1O. The number of carboxylic acid groups (broad SMARTS) is 3. The number of benzene rings is 9. The lowest BCUT2D eigenvalue weighted by Crippen LogP contribution is -2.25. The Bertz CT molecular complexity index is 4160. The summed E-state index contributed by atoms with van der Waals surface area (Å²) in [5, 5.41) is 71.1. The van der Waals surface area contributed by atoms with Gasteiger partial charge in [-0.05, 0) is 130 Å². The number of anilines is 1. The molecule has 9 aromatic carbocycles. The van der Waals surface area contributed by atoms with Crippen LogP contribution >= 0.6 is 35.3 Å². The van der Waals surface area contributed by atoms with E-state index in [2.05, 4.69) is 28.1 Å². The van der Waals surface area contributed by atoms with Gasteiger partial charge < -0.3 is 60.8 Å². The molecule has 0 bridgehead atoms. The van der Waals surface area contributed by atoms with Crippen LogP contribution in [0.2, 0.25) is 0 Å². The number of aliphatic carboxylic acids is 3. The lowest BCUT2D eigenvalue weighted by molar-refractivity contribution is -0.138. The first-order chi connectivity index (χ1) is 45.2. The molecule has 9 N–H and O–H groups in total. The summed E-state index contributed by atoms with van der Waals surface area (Å²) >= 11 is 3.75. The fourth-order valence-electron chi connectivity index (χ4n) is 9.85. The molecule has 0 unspecified atom stereocenters. The third kappa shape index (κ3) is 21.1. The lowest BCUT2D eigenvalue weighted by atomic mass is 10.0. The van der Waals surface area contributed by atoms with E-state index in [1.54, 1.807) is 72.8 Å². The van der Waals surface area contributed by atoms with Crippen LogP contribution in [0.5, 0.6) is 28.7 Å². The molecule has 18 nitrogen and oxygen atoms in total. The van der Waals surface area contributed by atoms with Crippen molar-refractivity contribution in [3.63, 3.8) is 0 Å². The van der Waals surface area contributed by atoms with Crippen LogP contribution in [0.3, 0.4) is 0 Å². The second kappa shape index (κ2) is 36.1. The molecule has 3 amide bonds. The van der Waals surface area contributed by atoms with Crippen molar-refractivity contribution < 1.29 is 73.6 Å². The molecule has 0 aliphatic heterocycles. The van der Waals surface area contributed by atoms with E-state index in [4.69, 9.17) is 29.5 Å². The standard InChI is InChI=1S/C28H33NO6S.C25H27NO5S.C20H17NO4S/c1-19-9-10-24(20(2)17-19)35-13-6-5-12-29-28(33)23-18-25(36-16-15-34-14-11-26(30)31)21-7-3-4-8-22(21)27(23)32;1-16-9-10-21(17(2)13-16)31-12-6-5-11-26-25(30)20-14-22(32-15-23(27)28)18-7-3-4-8-19(18)24(20)29;1-12-6-2-5-9-16(12)21-20(25)15-10-17(26-11-18(22)23)13-7-3-4-8-14(13)19(15)24/h3-4,7-10,17-18,32H,5-6,11-16H2,1-2H3,(H,29,33)(H,30,31);3-4,7-10,13-14,29H,5-6,11-12,15H2,1-2H3,(H,26,30)(H,27,28);2-10,24H,11H2,1H3,(H,21,25)(H,22,23). The molecular formula is C73H77N3O15S3. The normalized spacial score (nSPS) is 10.8. The molecule has 94 heavy (non-hydrogen) atoms. The number of phenolic OH excluding ortho intramolecular Hbond substituents is 3. The highest BCUT2D eigenvalue weighted by atomic mass is 32.2. The summed E-state index contributed by atoms with van der Waals surface area (Å²) in [5.41, 5.74) is 6.64. The van der Waals surface area contributed by atoms with E-state index in [0.717, 1.165) is 93.1 Å². The first kappa shape index (κ1) is 72.0. The number of carbonyl (C=O) groups is 6. The number of carbonyl (C=O) groups excluding carboxylic acids is 3. The summed E-state index contributed by atoms with van der Waals surface area (Å²) in [7, 11) is 0. The van der Waals surface area contributed by atoms with Crippen LogP contribution in [0.4, 0.5) is 5.69 Å². The van der Waals surface area contributed by atoms with E-state index in [1.165, 1.54) is 22.9 Å². The molecule has 0 saturated heterocycles. The molecule has 0 atom stereocenters. The number of hydrogen-bond acceptors (Lipinski definition) is 15. The quantitative estimate of drug-likeness (QED) is 0.0156. The second-order valence-electron chi connectivity index (χ2n) is 21.8. The zero-order chi connectivity index (χ0) is 67.7. The molecule has 0 saturated carbocycles. The number of unbranched alkanes of at least 4 members (excludes halogenated alkanes) is 2. The molecule has 0 heterocycles. The summed E-state index contributed by atoms with van der Waals surface area (Å²) < 4.78 is 17.0. The first-order valence-electron chi connectivity index (χ1n) is 30.4. The Morgan fingerprint density at radius 1 is 0.404 bits per heavy atom. The maximum atomic E-state index is 12.9. The molecule has 0 spiro atoms. The van der Waals surface area contributed by atoms with E-state index in [0.29, 0.717) is 75.7 Å². The average Bonchev–Trinajstić information content (AvgIpc) is 0.810. The van der Waals surface area contributed by atoms with Gasteiger partial charge in [0.25, 0.3) is 17.7 Å². The van der Waals surface area contributed by atoms with Crippen molar-refractivity contribution in [1.82, 2.24) is 10.6 Å². The molecule has 0 aromatic heterocycles. The van der Waals surface area contributed by atoms with E-state index >= 15 is 0 Å². The van der Waals surface area contributed by atoms with Crippen molar-refractivity contribution in [3.8, 4) is 28.7 Å². The van der Waals surface area contributed by atoms with Crippen molar-refractivity contribution in [2.75, 3.05) is 62.1 Å². The number of carboxylic acids is 3. The molecule has 0 aliphatic carbocycles. The fraction of sp³-hybridized carbons (Fsp3) is 0.260. The van der Waals surface area contributed by atoms with Crippen LogP contribution in [-0.4, -0.2) is 123 Å². The summed E-state index contributed by atoms with van der Waals surface area (Å²) in [4.78, 5) is 72.9. The van der Waals surface area contributed by atoms with E-state index in [1.807, 2.05) is 101 Å². The number of phenols is 3. The Balaban J connectivity index is 0.000000202. The number of ether oxygens (including phenoxy) is 3. The van der Waals surface area contributed by atoms with E-state index in [-0.39, 0.29) is 70.3 Å². The molecule has 0 fully saturated rings. The first-order valence-corrected chi connectivity index (χ1v) is 33.3. The lowest BCUT2D eigenvalue weighted by Gasteiger charge is -2.13. The third-order valence-electron chi connectivity index (χ3n) is 14.6. The van der Waals surface area contributed by atoms with Crippen molar-refractivity contribution in [3.05, 3.63) is 196 Å². The number of aromatic hydroxyl groups is 3. The van der Waals surface area contributed by atoms with Crippen molar-refractivity contribution in [2.45, 2.75) is 81.4 Å². The van der Waals surface area contributed by atoms with Crippen LogP contribution in [0.25, 0.3) is 32.3 Å². The predicted octanol–water partition coefficient (Wildman–Crippen LogP) is 14.5. The van der Waals surface area contributed by atoms with E-state index in [9.17, 15) is 44.1 Å². The van der Waals surface area contributed by atoms with Crippen molar-refractivity contribution in [2.24, 2.45) is 0 Å². The Morgan fingerprint density at radius 3 is 1.20 bits per heavy atom. The highest BCUT2D eigenvalue weighted by Gasteiger charge is 2.22. The van der Waals surface area contributed by atoms with Crippen LogP contribution in [-0.2, 0) is 19.1 Å². The minimum absolute atomic E-state index is 0.0329. The molecule has 9 aromatic rings. The topological polar surface area (TPSA) is 288 Å². The smallest absolute Gasteiger partial charge is 0.313 e. The summed E-state index contributed by atoms with van der Waals surface area (Å²) in [5.74, 6) is -2.12. The van der Waals surface area contributed by atoms with Crippen molar-refractivity contribution in [1.29, 1.82) is 0 Å². The maximum Gasteiger partial charge on any atom is 0.313 e. The Labute approximate surface area is 558 Å². The van der Waals surface area contributed by atoms with Gasteiger partial charge in [-0.2, -0.15) is 0 Å². The summed E-state index contributed by atoms with van der Waals surface area (Å²) in [6, 6.07) is 45.9. The highest BCUT2D eigenvalue weighted by Crippen LogP contribution is 2.40. The Morgan fingerprint density at radius 2 is 0.798 bits per heavy atom. The van der Waals surface area contributed by atoms with E-state index < -0.39 is 23.8 Å². The van der Waals surface area contributed by atoms with Crippen LogP contribution < -0.4 is 25.4 Å². The average molecular weight is 1330 g/mol. The van der Waals surface area contributed by atoms with Gasteiger partial charge in [-0.15, -0.1) is 35.3 Å². The fourth-order valence-corrected chi connectivity index (χ4v) is 12.4. The molecule has 9 rings (SSSR count). The largest absolute Gasteiger partial charge is 0.506 e. The van der Waals surface area contributed by atoms with Gasteiger partial charge >= 0.3 is 17.9 Å². The minimum atomic E-state index is -0.946. The van der Waals surface area contributed by atoms with Crippen LogP contribution in [0.1, 0.15) is 91.0 Å². The van der Waals surface area contributed by atoms with Gasteiger partial charge in [0.15, 0.2) is 0 Å². The van der Waals surface area contributed by atoms with Crippen molar-refractivity contribution >= 4 is 109 Å². The van der Waals surface area contributed by atoms with Gasteiger partial charge in [0.05, 0.1) is 61.0 Å². The highest BCUT2D eigenvalue weighted by molar-refractivity contribution is 8.00. The van der Waals surface area contributed by atoms with Gasteiger partial charge in [-0.1, -0.05) is 126 Å². The minimum Gasteiger partial charge on any atom is -0.506 e. The molecule has 21 heteroatoms. The number of nitrogens with one attached hydrogen (secondary N) is 3. The zero-order valence-electron chi connectivity index (χ0n) is 52.9. The maximum absolute atomic E-state index is 12.9. The van der Waals surface area contributed by atoms with Gasteiger partial charge in [-0.25, -0.2) is 0 Å². The van der Waals surface area contributed by atoms with Gasteiger partial charge in [0.1, 0.15) is 28.7 Å². The van der Waals surface area contributed by atoms with Gasteiger partial charge in [0, 0.05) is 55.4 Å². The van der Waals surface area contributed by atoms with Gasteiger partial charge in [0.2, 0.25) is 0 Å². The second-order valence-corrected chi connectivity index (χ2v) is 25.0. The number of rotatable bonds is 29. The summed E-state index contributed by atoms with van der Waals surface area (Å²) in [6.07, 6.45) is 3.01.